The highest BCUT2D eigenvalue weighted by molar-refractivity contribution is 7.10. The number of amides is 1. The fourth-order valence-corrected chi connectivity index (χ4v) is 5.59. The molecule has 4 rings (SSSR count). The van der Waals surface area contributed by atoms with Crippen LogP contribution in [0.25, 0.3) is 0 Å². The van der Waals surface area contributed by atoms with E-state index < -0.39 is 0 Å². The summed E-state index contributed by atoms with van der Waals surface area (Å²) in [5, 5.41) is 17.2. The first-order valence-corrected chi connectivity index (χ1v) is 11.0. The summed E-state index contributed by atoms with van der Waals surface area (Å²) in [5.41, 5.74) is 1.44. The van der Waals surface area contributed by atoms with Crippen molar-refractivity contribution < 1.29 is 4.79 Å². The Morgan fingerprint density at radius 3 is 2.75 bits per heavy atom. The Bertz CT molecular complexity index is 764. The van der Waals surface area contributed by atoms with Crippen LogP contribution in [0.5, 0.6) is 0 Å². The molecule has 154 valence electrons. The van der Waals surface area contributed by atoms with E-state index in [0.717, 1.165) is 44.5 Å². The van der Waals surface area contributed by atoms with E-state index in [1.807, 2.05) is 22.9 Å². The number of nitrogens with one attached hydrogen (secondary N) is 2. The van der Waals surface area contributed by atoms with Gasteiger partial charge in [-0.15, -0.1) is 28.8 Å². The molecule has 6 nitrogen and oxygen atoms in total. The normalized spacial score (nSPS) is 19.8. The highest BCUT2D eigenvalue weighted by Gasteiger charge is 2.35. The minimum Gasteiger partial charge on any atom is -0.350 e. The molecule has 1 saturated heterocycles. The van der Waals surface area contributed by atoms with Crippen molar-refractivity contribution in [3.8, 4) is 0 Å². The number of aromatic nitrogens is 3. The molecule has 8 heteroatoms. The molecule has 0 bridgehead atoms. The predicted octanol–water partition coefficient (Wildman–Crippen LogP) is 3.63. The van der Waals surface area contributed by atoms with Crippen LogP contribution in [0.15, 0.2) is 17.5 Å². The Balaban J connectivity index is 0.00000225. The van der Waals surface area contributed by atoms with Gasteiger partial charge in [0.2, 0.25) is 0 Å². The molecule has 1 amide bonds. The monoisotopic (exact) mass is 423 g/mol. The fraction of sp³-hybridized carbons (Fsp3) is 0.650. The lowest BCUT2D eigenvalue weighted by Gasteiger charge is -2.36. The summed E-state index contributed by atoms with van der Waals surface area (Å²) in [6, 6.07) is 4.68. The molecule has 0 atom stereocenters. The molecule has 0 spiro atoms. The highest BCUT2D eigenvalue weighted by atomic mass is 35.5. The molecule has 1 aliphatic heterocycles. The van der Waals surface area contributed by atoms with Crippen molar-refractivity contribution in [1.29, 1.82) is 0 Å². The summed E-state index contributed by atoms with van der Waals surface area (Å²) >= 11 is 1.81. The molecule has 2 fully saturated rings. The molecule has 3 heterocycles. The number of hydrogen-bond donors (Lipinski definition) is 2. The quantitative estimate of drug-likeness (QED) is 0.770. The van der Waals surface area contributed by atoms with E-state index in [9.17, 15) is 4.79 Å². The third-order valence-electron chi connectivity index (χ3n) is 6.24. The van der Waals surface area contributed by atoms with Gasteiger partial charge in [0.05, 0.1) is 11.7 Å². The molecule has 2 aromatic rings. The number of piperidine rings is 1. The second-order valence-corrected chi connectivity index (χ2v) is 8.90. The van der Waals surface area contributed by atoms with Gasteiger partial charge in [-0.25, -0.2) is 4.68 Å². The third kappa shape index (κ3) is 4.26. The minimum absolute atomic E-state index is 0. The first-order chi connectivity index (χ1) is 13.2. The van der Waals surface area contributed by atoms with Gasteiger partial charge < -0.3 is 10.6 Å². The summed E-state index contributed by atoms with van der Waals surface area (Å²) in [4.78, 5) is 14.3. The lowest BCUT2D eigenvalue weighted by Crippen LogP contribution is -2.42. The molecule has 0 radical (unpaired) electrons. The van der Waals surface area contributed by atoms with Crippen LogP contribution in [0.3, 0.4) is 0 Å². The average Bonchev–Trinajstić information content (AvgIpc) is 3.38. The van der Waals surface area contributed by atoms with E-state index in [1.54, 1.807) is 0 Å². The largest absolute Gasteiger partial charge is 0.350 e. The van der Waals surface area contributed by atoms with Crippen molar-refractivity contribution in [2.75, 3.05) is 19.6 Å². The third-order valence-corrected chi connectivity index (χ3v) is 7.36. The van der Waals surface area contributed by atoms with Gasteiger partial charge in [0.1, 0.15) is 0 Å². The zero-order valence-electron chi connectivity index (χ0n) is 16.4. The van der Waals surface area contributed by atoms with E-state index in [1.165, 1.54) is 24.1 Å². The number of rotatable bonds is 5. The van der Waals surface area contributed by atoms with Gasteiger partial charge in [0.25, 0.3) is 5.91 Å². The molecular formula is C20H30ClN5OS. The molecule has 2 N–H and O–H groups in total. The number of carbonyl (C=O) groups excluding carboxylic acids is 1. The van der Waals surface area contributed by atoms with Crippen LogP contribution >= 0.6 is 23.7 Å². The lowest BCUT2D eigenvalue weighted by atomic mass is 9.73. The van der Waals surface area contributed by atoms with Gasteiger partial charge in [-0.1, -0.05) is 30.5 Å². The summed E-state index contributed by atoms with van der Waals surface area (Å²) in [6.07, 6.45) is 8.13. The Morgan fingerprint density at radius 1 is 1.32 bits per heavy atom. The Labute approximate surface area is 176 Å². The maximum Gasteiger partial charge on any atom is 0.273 e. The summed E-state index contributed by atoms with van der Waals surface area (Å²) in [7, 11) is 0. The SMILES string of the molecule is Cc1c(C(=O)NCC2(c3cccs3)CCCCC2)nnn1C1CCNCC1.Cl. The molecule has 2 aliphatic rings. The van der Waals surface area contributed by atoms with Gasteiger partial charge >= 0.3 is 0 Å². The number of nitrogens with zero attached hydrogens (tertiary/aromatic N) is 3. The van der Waals surface area contributed by atoms with E-state index in [0.29, 0.717) is 18.3 Å². The van der Waals surface area contributed by atoms with Crippen molar-refractivity contribution in [3.63, 3.8) is 0 Å². The van der Waals surface area contributed by atoms with E-state index in [2.05, 4.69) is 38.5 Å². The molecule has 28 heavy (non-hydrogen) atoms. The predicted molar refractivity (Wildman–Crippen MR) is 115 cm³/mol. The smallest absolute Gasteiger partial charge is 0.273 e. The average molecular weight is 424 g/mol. The second-order valence-electron chi connectivity index (χ2n) is 7.95. The fourth-order valence-electron chi connectivity index (χ4n) is 4.60. The molecule has 1 saturated carbocycles. The van der Waals surface area contributed by atoms with Gasteiger partial charge in [0.15, 0.2) is 5.69 Å². The standard InChI is InChI=1S/C20H29N5OS.ClH/c1-15-18(23-24-25(15)16-7-11-21-12-8-16)19(26)22-14-20(9-3-2-4-10-20)17-6-5-13-27-17;/h5-6,13,16,21H,2-4,7-12,14H2,1H3,(H,22,26);1H. The van der Waals surface area contributed by atoms with Crippen molar-refractivity contribution in [3.05, 3.63) is 33.8 Å². The zero-order valence-corrected chi connectivity index (χ0v) is 18.1. The first-order valence-electron chi connectivity index (χ1n) is 10.1. The van der Waals surface area contributed by atoms with E-state index >= 15 is 0 Å². The zero-order chi connectivity index (χ0) is 18.7. The summed E-state index contributed by atoms with van der Waals surface area (Å²) < 4.78 is 1.95. The Morgan fingerprint density at radius 2 is 2.07 bits per heavy atom. The molecule has 0 aromatic carbocycles. The molecule has 2 aromatic heterocycles. The molecule has 1 aliphatic carbocycles. The van der Waals surface area contributed by atoms with Gasteiger partial charge in [-0.2, -0.15) is 0 Å². The molecule has 0 unspecified atom stereocenters. The van der Waals surface area contributed by atoms with Crippen molar-refractivity contribution in [2.24, 2.45) is 0 Å². The van der Waals surface area contributed by atoms with Crippen molar-refractivity contribution >= 4 is 29.7 Å². The van der Waals surface area contributed by atoms with Crippen LogP contribution in [-0.2, 0) is 5.41 Å². The van der Waals surface area contributed by atoms with Crippen LogP contribution in [0.1, 0.15) is 72.0 Å². The highest BCUT2D eigenvalue weighted by Crippen LogP contribution is 2.41. The summed E-state index contributed by atoms with van der Waals surface area (Å²) in [5.74, 6) is -0.0887. The van der Waals surface area contributed by atoms with Crippen LogP contribution in [0.4, 0.5) is 0 Å². The van der Waals surface area contributed by atoms with Gasteiger partial charge in [-0.05, 0) is 57.1 Å². The minimum atomic E-state index is -0.0887. The molecular weight excluding hydrogens is 394 g/mol. The van der Waals surface area contributed by atoms with Crippen molar-refractivity contribution in [1.82, 2.24) is 25.6 Å². The van der Waals surface area contributed by atoms with Gasteiger partial charge in [0, 0.05) is 16.8 Å². The second kappa shape index (κ2) is 9.37. The van der Waals surface area contributed by atoms with Gasteiger partial charge in [-0.3, -0.25) is 4.79 Å². The number of carbonyl (C=O) groups is 1. The maximum absolute atomic E-state index is 12.9. The van der Waals surface area contributed by atoms with Crippen LogP contribution in [0, 0.1) is 6.92 Å². The topological polar surface area (TPSA) is 71.8 Å². The van der Waals surface area contributed by atoms with Crippen LogP contribution in [-0.4, -0.2) is 40.5 Å². The first kappa shape index (κ1) is 21.3. The Kier molecular flexibility index (Phi) is 7.12. The van der Waals surface area contributed by atoms with Crippen LogP contribution < -0.4 is 10.6 Å². The number of thiophene rings is 1. The lowest BCUT2D eigenvalue weighted by molar-refractivity contribution is 0.0931. The maximum atomic E-state index is 12.9. The van der Waals surface area contributed by atoms with E-state index in [4.69, 9.17) is 0 Å². The Hall–Kier alpha value is -1.44. The van der Waals surface area contributed by atoms with Crippen molar-refractivity contribution in [2.45, 2.75) is 63.3 Å². The number of halogens is 1. The van der Waals surface area contributed by atoms with E-state index in [-0.39, 0.29) is 23.7 Å². The van der Waals surface area contributed by atoms with Crippen LogP contribution in [0.2, 0.25) is 0 Å². The summed E-state index contributed by atoms with van der Waals surface area (Å²) in [6.45, 7) is 4.64. The number of hydrogen-bond acceptors (Lipinski definition) is 5.